The zero-order valence-corrected chi connectivity index (χ0v) is 13.3. The normalized spacial score (nSPS) is 12.2. The molecule has 4 heteroatoms. The fourth-order valence-electron chi connectivity index (χ4n) is 1.86. The van der Waals surface area contributed by atoms with Crippen LogP contribution in [0.25, 0.3) is 5.57 Å². The molecule has 0 saturated carbocycles. The molecule has 1 rings (SSSR count). The fourth-order valence-corrected chi connectivity index (χ4v) is 1.99. The van der Waals surface area contributed by atoms with E-state index in [1.54, 1.807) is 18.3 Å². The third-order valence-electron chi connectivity index (χ3n) is 3.08. The Morgan fingerprint density at radius 3 is 2.67 bits per heavy atom. The first-order chi connectivity index (χ1) is 9.85. The molecule has 0 saturated heterocycles. The third-order valence-corrected chi connectivity index (χ3v) is 3.19. The molecule has 0 bridgehead atoms. The molecule has 1 aromatic rings. The predicted molar refractivity (Wildman–Crippen MR) is 89.0 cm³/mol. The van der Waals surface area contributed by atoms with Gasteiger partial charge in [0, 0.05) is 17.5 Å². The molecule has 0 aliphatic rings. The van der Waals surface area contributed by atoms with E-state index in [4.69, 9.17) is 17.0 Å². The lowest BCUT2D eigenvalue weighted by Crippen LogP contribution is -2.07. The summed E-state index contributed by atoms with van der Waals surface area (Å²) in [6.45, 7) is 9.54. The Balaban J connectivity index is 2.89. The minimum Gasteiger partial charge on any atom is -0.362 e. The highest BCUT2D eigenvalue weighted by Crippen LogP contribution is 2.19. The van der Waals surface area contributed by atoms with Crippen LogP contribution in [0, 0.1) is 18.2 Å². The fraction of sp³-hybridized carbons (Fsp3) is 0.235. The van der Waals surface area contributed by atoms with Crippen molar-refractivity contribution in [2.24, 2.45) is 0 Å². The van der Waals surface area contributed by atoms with Gasteiger partial charge < -0.3 is 5.32 Å². The van der Waals surface area contributed by atoms with Crippen LogP contribution >= 0.6 is 11.6 Å². The van der Waals surface area contributed by atoms with Gasteiger partial charge in [0.1, 0.15) is 11.0 Å². The third kappa shape index (κ3) is 5.20. The number of hydrogen-bond donors (Lipinski definition) is 2. The molecule has 2 N–H and O–H groups in total. The summed E-state index contributed by atoms with van der Waals surface area (Å²) in [5.41, 5.74) is 3.69. The SMILES string of the molecule is C=C(N/C=C(\C)c1ccc(C)cc1F)/C(=C\C(=N)Cl)CC. The number of hydrogen-bond acceptors (Lipinski definition) is 2. The standard InChI is InChI=1S/C17H20ClFN2/c1-5-14(9-17(18)20)13(4)21-10-12(3)15-7-6-11(2)8-16(15)19/h6-10,20-21H,4-5H2,1-3H3/b12-10+,14-9-,20-17?. The van der Waals surface area contributed by atoms with Crippen molar-refractivity contribution in [3.05, 3.63) is 65.3 Å². The molecule has 0 spiro atoms. The van der Waals surface area contributed by atoms with Crippen LogP contribution < -0.4 is 5.32 Å². The molecule has 0 atom stereocenters. The van der Waals surface area contributed by atoms with Gasteiger partial charge in [0.05, 0.1) is 0 Å². The Kier molecular flexibility index (Phi) is 6.38. The molecule has 21 heavy (non-hydrogen) atoms. The topological polar surface area (TPSA) is 35.9 Å². The maximum atomic E-state index is 13.9. The van der Waals surface area contributed by atoms with Crippen molar-refractivity contribution in [3.63, 3.8) is 0 Å². The largest absolute Gasteiger partial charge is 0.362 e. The van der Waals surface area contributed by atoms with Crippen LogP contribution in [0.5, 0.6) is 0 Å². The summed E-state index contributed by atoms with van der Waals surface area (Å²) in [7, 11) is 0. The van der Waals surface area contributed by atoms with Gasteiger partial charge in [-0.3, -0.25) is 5.41 Å². The molecule has 112 valence electrons. The van der Waals surface area contributed by atoms with Crippen LogP contribution in [0.3, 0.4) is 0 Å². The minimum atomic E-state index is -0.245. The van der Waals surface area contributed by atoms with Gasteiger partial charge in [0.25, 0.3) is 0 Å². The maximum Gasteiger partial charge on any atom is 0.131 e. The van der Waals surface area contributed by atoms with E-state index in [0.717, 1.165) is 16.7 Å². The Labute approximate surface area is 130 Å². The summed E-state index contributed by atoms with van der Waals surface area (Å²) in [5.74, 6) is -0.245. The van der Waals surface area contributed by atoms with Crippen molar-refractivity contribution in [3.8, 4) is 0 Å². The van der Waals surface area contributed by atoms with Crippen molar-refractivity contribution in [1.82, 2.24) is 5.32 Å². The molecule has 0 aliphatic carbocycles. The van der Waals surface area contributed by atoms with Crippen LogP contribution in [0.2, 0.25) is 0 Å². The Morgan fingerprint density at radius 1 is 1.48 bits per heavy atom. The van der Waals surface area contributed by atoms with Gasteiger partial charge in [-0.05, 0) is 49.1 Å². The zero-order chi connectivity index (χ0) is 16.0. The van der Waals surface area contributed by atoms with E-state index in [1.165, 1.54) is 6.07 Å². The summed E-state index contributed by atoms with van der Waals surface area (Å²) in [6, 6.07) is 5.14. The second-order valence-corrected chi connectivity index (χ2v) is 5.21. The average molecular weight is 307 g/mol. The summed E-state index contributed by atoms with van der Waals surface area (Å²) >= 11 is 5.56. The lowest BCUT2D eigenvalue weighted by atomic mass is 10.1. The highest BCUT2D eigenvalue weighted by Gasteiger charge is 2.05. The molecule has 0 fully saturated rings. The molecule has 0 amide bonds. The van der Waals surface area contributed by atoms with E-state index in [2.05, 4.69) is 11.9 Å². The van der Waals surface area contributed by atoms with Crippen molar-refractivity contribution >= 4 is 22.3 Å². The first-order valence-corrected chi connectivity index (χ1v) is 7.06. The highest BCUT2D eigenvalue weighted by atomic mass is 35.5. The number of rotatable bonds is 6. The number of benzene rings is 1. The highest BCUT2D eigenvalue weighted by molar-refractivity contribution is 6.67. The van der Waals surface area contributed by atoms with E-state index in [1.807, 2.05) is 26.8 Å². The average Bonchev–Trinajstić information content (AvgIpc) is 2.41. The number of allylic oxidation sites excluding steroid dienone is 3. The van der Waals surface area contributed by atoms with Crippen LogP contribution in [0.1, 0.15) is 31.4 Å². The van der Waals surface area contributed by atoms with Crippen molar-refractivity contribution in [1.29, 1.82) is 5.41 Å². The Morgan fingerprint density at radius 2 is 2.14 bits per heavy atom. The molecular weight excluding hydrogens is 287 g/mol. The molecule has 0 heterocycles. The van der Waals surface area contributed by atoms with E-state index in [0.29, 0.717) is 17.7 Å². The minimum absolute atomic E-state index is 0.0416. The van der Waals surface area contributed by atoms with Crippen molar-refractivity contribution in [2.75, 3.05) is 0 Å². The lowest BCUT2D eigenvalue weighted by Gasteiger charge is -2.10. The van der Waals surface area contributed by atoms with Crippen LogP contribution in [0.4, 0.5) is 4.39 Å². The van der Waals surface area contributed by atoms with Gasteiger partial charge in [-0.2, -0.15) is 0 Å². The van der Waals surface area contributed by atoms with Crippen LogP contribution in [-0.2, 0) is 0 Å². The van der Waals surface area contributed by atoms with Gasteiger partial charge in [0.2, 0.25) is 0 Å². The molecule has 0 unspecified atom stereocenters. The number of nitrogens with one attached hydrogen (secondary N) is 2. The zero-order valence-electron chi connectivity index (χ0n) is 12.6. The molecule has 1 aromatic carbocycles. The number of aryl methyl sites for hydroxylation is 1. The van der Waals surface area contributed by atoms with Crippen molar-refractivity contribution in [2.45, 2.75) is 27.2 Å². The summed E-state index contributed by atoms with van der Waals surface area (Å²) in [4.78, 5) is 0. The Bertz CT molecular complexity index is 615. The van der Waals surface area contributed by atoms with Crippen LogP contribution in [-0.4, -0.2) is 5.17 Å². The molecular formula is C17H20ClFN2. The monoisotopic (exact) mass is 306 g/mol. The first-order valence-electron chi connectivity index (χ1n) is 6.68. The van der Waals surface area contributed by atoms with Gasteiger partial charge in [-0.1, -0.05) is 37.2 Å². The van der Waals surface area contributed by atoms with Gasteiger partial charge in [-0.15, -0.1) is 0 Å². The van der Waals surface area contributed by atoms with E-state index < -0.39 is 0 Å². The lowest BCUT2D eigenvalue weighted by molar-refractivity contribution is 0.622. The summed E-state index contributed by atoms with van der Waals surface area (Å²) in [6.07, 6.45) is 3.96. The van der Waals surface area contributed by atoms with Gasteiger partial charge >= 0.3 is 0 Å². The van der Waals surface area contributed by atoms with Crippen LogP contribution in [0.15, 0.2) is 48.3 Å². The summed E-state index contributed by atoms with van der Waals surface area (Å²) in [5, 5.41) is 10.3. The van der Waals surface area contributed by atoms with Gasteiger partial charge in [-0.25, -0.2) is 4.39 Å². The first kappa shape index (κ1) is 17.2. The smallest absolute Gasteiger partial charge is 0.131 e. The molecule has 0 aromatic heterocycles. The summed E-state index contributed by atoms with van der Waals surface area (Å²) < 4.78 is 13.9. The second-order valence-electron chi connectivity index (χ2n) is 4.80. The quantitative estimate of drug-likeness (QED) is 0.553. The predicted octanol–water partition coefficient (Wildman–Crippen LogP) is 5.15. The molecule has 2 nitrogen and oxygen atoms in total. The van der Waals surface area contributed by atoms with E-state index in [9.17, 15) is 4.39 Å². The number of halogens is 2. The van der Waals surface area contributed by atoms with E-state index in [-0.39, 0.29) is 11.0 Å². The van der Waals surface area contributed by atoms with Gasteiger partial charge in [0.15, 0.2) is 0 Å². The molecule has 0 aliphatic heterocycles. The van der Waals surface area contributed by atoms with Crippen molar-refractivity contribution < 1.29 is 4.39 Å². The Hall–Kier alpha value is -1.87. The maximum absolute atomic E-state index is 13.9. The van der Waals surface area contributed by atoms with E-state index >= 15 is 0 Å². The molecule has 0 radical (unpaired) electrons. The second kappa shape index (κ2) is 7.79.